The van der Waals surface area contributed by atoms with Gasteiger partial charge in [0.25, 0.3) is 11.5 Å². The average Bonchev–Trinajstić information content (AvgIpc) is 3.58. The molecule has 7 nitrogen and oxygen atoms in total. The fourth-order valence-electron chi connectivity index (χ4n) is 4.16. The number of fused-ring (bicyclic) bond motifs is 1. The van der Waals surface area contributed by atoms with Crippen molar-refractivity contribution in [2.75, 3.05) is 60.0 Å². The number of benzene rings is 1. The number of rotatable bonds is 8. The van der Waals surface area contributed by atoms with Gasteiger partial charge in [-0.05, 0) is 57.5 Å². The van der Waals surface area contributed by atoms with E-state index < -0.39 is 0 Å². The molecular weight excluding hydrogens is 392 g/mol. The quantitative estimate of drug-likeness (QED) is 0.644. The monoisotopic (exact) mass is 426 g/mol. The standard InChI is InChI=1S/C24H34N4O3/c1-18-14-23(29)28(16-19-4-5-19)22-15-20(6-7-21(18)22)31-17-24(30)27-12-10-26(11-13-27)9-8-25(2)3/h6-7,14-15,19H,4-5,8-13,16-17H2,1-3H3. The van der Waals surface area contributed by atoms with Crippen molar-refractivity contribution in [3.05, 3.63) is 40.2 Å². The molecule has 168 valence electrons. The zero-order valence-electron chi connectivity index (χ0n) is 19.0. The molecular formula is C24H34N4O3. The lowest BCUT2D eigenvalue weighted by Crippen LogP contribution is -2.51. The van der Waals surface area contributed by atoms with Crippen LogP contribution in [0.5, 0.6) is 5.75 Å². The second-order valence-corrected chi connectivity index (χ2v) is 9.21. The van der Waals surface area contributed by atoms with E-state index in [-0.39, 0.29) is 18.1 Å². The molecule has 1 aromatic carbocycles. The zero-order valence-corrected chi connectivity index (χ0v) is 19.0. The van der Waals surface area contributed by atoms with Crippen molar-refractivity contribution < 1.29 is 9.53 Å². The third-order valence-electron chi connectivity index (χ3n) is 6.38. The minimum atomic E-state index is 0.0203. The Hall–Kier alpha value is -2.38. The van der Waals surface area contributed by atoms with Crippen LogP contribution in [-0.2, 0) is 11.3 Å². The summed E-state index contributed by atoms with van der Waals surface area (Å²) in [7, 11) is 4.16. The molecule has 0 spiro atoms. The van der Waals surface area contributed by atoms with E-state index in [0.29, 0.717) is 11.7 Å². The van der Waals surface area contributed by atoms with Crippen LogP contribution in [0.15, 0.2) is 29.1 Å². The number of likely N-dealkylation sites (N-methyl/N-ethyl adjacent to an activating group) is 1. The summed E-state index contributed by atoms with van der Waals surface area (Å²) in [4.78, 5) is 31.7. The Morgan fingerprint density at radius 2 is 1.87 bits per heavy atom. The zero-order chi connectivity index (χ0) is 22.0. The number of piperazine rings is 1. The minimum absolute atomic E-state index is 0.0203. The maximum absolute atomic E-state index is 12.7. The van der Waals surface area contributed by atoms with Crippen molar-refractivity contribution in [1.82, 2.24) is 19.3 Å². The summed E-state index contributed by atoms with van der Waals surface area (Å²) in [5.74, 6) is 1.26. The number of aryl methyl sites for hydroxylation is 1. The lowest BCUT2D eigenvalue weighted by Gasteiger charge is -2.35. The second kappa shape index (κ2) is 9.40. The van der Waals surface area contributed by atoms with Crippen LogP contribution >= 0.6 is 0 Å². The van der Waals surface area contributed by atoms with E-state index in [9.17, 15) is 9.59 Å². The maximum atomic E-state index is 12.7. The number of carbonyl (C=O) groups excluding carboxylic acids is 1. The highest BCUT2D eigenvalue weighted by Crippen LogP contribution is 2.32. The van der Waals surface area contributed by atoms with E-state index in [1.165, 1.54) is 12.8 Å². The minimum Gasteiger partial charge on any atom is -0.484 e. The molecule has 7 heteroatoms. The molecule has 1 aliphatic heterocycles. The van der Waals surface area contributed by atoms with Crippen LogP contribution in [0.2, 0.25) is 0 Å². The molecule has 0 radical (unpaired) electrons. The molecule has 0 atom stereocenters. The predicted molar refractivity (Wildman–Crippen MR) is 123 cm³/mol. The summed E-state index contributed by atoms with van der Waals surface area (Å²) in [6.45, 7) is 8.12. The van der Waals surface area contributed by atoms with Crippen LogP contribution in [0.4, 0.5) is 0 Å². The topological polar surface area (TPSA) is 58.0 Å². The van der Waals surface area contributed by atoms with Gasteiger partial charge in [-0.15, -0.1) is 0 Å². The van der Waals surface area contributed by atoms with Crippen LogP contribution < -0.4 is 10.3 Å². The number of pyridine rings is 1. The number of nitrogens with zero attached hydrogens (tertiary/aromatic N) is 4. The summed E-state index contributed by atoms with van der Waals surface area (Å²) < 4.78 is 7.73. The average molecular weight is 427 g/mol. The number of aromatic nitrogens is 1. The highest BCUT2D eigenvalue weighted by molar-refractivity contribution is 5.84. The molecule has 2 heterocycles. The molecule has 1 saturated carbocycles. The SMILES string of the molecule is Cc1cc(=O)n(CC2CC2)c2cc(OCC(=O)N3CCN(CCN(C)C)CC3)ccc12. The first-order valence-corrected chi connectivity index (χ1v) is 11.3. The van der Waals surface area contributed by atoms with Crippen LogP contribution in [0, 0.1) is 12.8 Å². The molecule has 1 aliphatic carbocycles. The van der Waals surface area contributed by atoms with Crippen LogP contribution in [0.3, 0.4) is 0 Å². The van der Waals surface area contributed by atoms with E-state index in [1.807, 2.05) is 34.6 Å². The Morgan fingerprint density at radius 1 is 1.13 bits per heavy atom. The number of ether oxygens (including phenoxy) is 1. The molecule has 1 amide bonds. The van der Waals surface area contributed by atoms with Gasteiger partial charge in [0.05, 0.1) is 5.52 Å². The summed E-state index contributed by atoms with van der Waals surface area (Å²) in [5.41, 5.74) is 1.91. The Bertz CT molecular complexity index is 988. The van der Waals surface area contributed by atoms with Gasteiger partial charge in [0.2, 0.25) is 0 Å². The summed E-state index contributed by atoms with van der Waals surface area (Å²) >= 11 is 0. The molecule has 0 N–H and O–H groups in total. The van der Waals surface area contributed by atoms with Crippen molar-refractivity contribution in [3.8, 4) is 5.75 Å². The first-order chi connectivity index (χ1) is 14.9. The second-order valence-electron chi connectivity index (χ2n) is 9.21. The van der Waals surface area contributed by atoms with E-state index in [4.69, 9.17) is 4.74 Å². The van der Waals surface area contributed by atoms with E-state index in [0.717, 1.165) is 62.3 Å². The van der Waals surface area contributed by atoms with Crippen molar-refractivity contribution in [2.45, 2.75) is 26.3 Å². The third-order valence-corrected chi connectivity index (χ3v) is 6.38. The van der Waals surface area contributed by atoms with Crippen molar-refractivity contribution in [2.24, 2.45) is 5.92 Å². The van der Waals surface area contributed by atoms with Gasteiger partial charge in [0, 0.05) is 63.3 Å². The fraction of sp³-hybridized carbons (Fsp3) is 0.583. The molecule has 0 bridgehead atoms. The van der Waals surface area contributed by atoms with Gasteiger partial charge >= 0.3 is 0 Å². The van der Waals surface area contributed by atoms with Gasteiger partial charge in [-0.2, -0.15) is 0 Å². The molecule has 0 unspecified atom stereocenters. The number of hydrogen-bond acceptors (Lipinski definition) is 5. The smallest absolute Gasteiger partial charge is 0.260 e. The molecule has 31 heavy (non-hydrogen) atoms. The van der Waals surface area contributed by atoms with E-state index in [2.05, 4.69) is 23.9 Å². The van der Waals surface area contributed by atoms with E-state index >= 15 is 0 Å². The Balaban J connectivity index is 1.38. The van der Waals surface area contributed by atoms with Crippen LogP contribution in [0.25, 0.3) is 10.9 Å². The number of carbonyl (C=O) groups is 1. The fourth-order valence-corrected chi connectivity index (χ4v) is 4.16. The molecule has 2 fully saturated rings. The Kier molecular flexibility index (Phi) is 6.62. The molecule has 4 rings (SSSR count). The summed E-state index contributed by atoms with van der Waals surface area (Å²) in [6, 6.07) is 7.52. The molecule has 1 saturated heterocycles. The lowest BCUT2D eigenvalue weighted by molar-refractivity contribution is -0.135. The van der Waals surface area contributed by atoms with Gasteiger partial charge in [0.1, 0.15) is 5.75 Å². The number of amides is 1. The molecule has 2 aromatic rings. The van der Waals surface area contributed by atoms with Crippen LogP contribution in [-0.4, -0.2) is 85.1 Å². The van der Waals surface area contributed by atoms with Crippen molar-refractivity contribution in [3.63, 3.8) is 0 Å². The first kappa shape index (κ1) is 21.8. The van der Waals surface area contributed by atoms with Crippen molar-refractivity contribution >= 4 is 16.8 Å². The highest BCUT2D eigenvalue weighted by Gasteiger charge is 2.24. The lowest BCUT2D eigenvalue weighted by atomic mass is 10.1. The van der Waals surface area contributed by atoms with Gasteiger partial charge in [-0.1, -0.05) is 0 Å². The third kappa shape index (κ3) is 5.46. The Labute approximate surface area is 184 Å². The molecule has 1 aromatic heterocycles. The summed E-state index contributed by atoms with van der Waals surface area (Å²) in [6.07, 6.45) is 2.38. The number of hydrogen-bond donors (Lipinski definition) is 0. The van der Waals surface area contributed by atoms with Gasteiger partial charge in [0.15, 0.2) is 6.61 Å². The van der Waals surface area contributed by atoms with Gasteiger partial charge < -0.3 is 19.1 Å². The van der Waals surface area contributed by atoms with Crippen LogP contribution in [0.1, 0.15) is 18.4 Å². The van der Waals surface area contributed by atoms with Gasteiger partial charge in [-0.3, -0.25) is 14.5 Å². The highest BCUT2D eigenvalue weighted by atomic mass is 16.5. The first-order valence-electron chi connectivity index (χ1n) is 11.3. The summed E-state index contributed by atoms with van der Waals surface area (Å²) in [5, 5.41) is 1.06. The van der Waals surface area contributed by atoms with Gasteiger partial charge in [-0.25, -0.2) is 0 Å². The normalized spacial score (nSPS) is 17.5. The predicted octanol–water partition coefficient (Wildman–Crippen LogP) is 1.80. The Morgan fingerprint density at radius 3 is 2.55 bits per heavy atom. The molecule has 2 aliphatic rings. The van der Waals surface area contributed by atoms with Crippen molar-refractivity contribution in [1.29, 1.82) is 0 Å². The largest absolute Gasteiger partial charge is 0.484 e. The maximum Gasteiger partial charge on any atom is 0.260 e. The van der Waals surface area contributed by atoms with E-state index in [1.54, 1.807) is 6.07 Å².